The van der Waals surface area contributed by atoms with Gasteiger partial charge in [-0.05, 0) is 50.1 Å². The van der Waals surface area contributed by atoms with E-state index in [4.69, 9.17) is 0 Å². The number of halogens is 2. The van der Waals surface area contributed by atoms with E-state index in [-0.39, 0.29) is 6.04 Å². The topological polar surface area (TPSA) is 8.17 Å². The van der Waals surface area contributed by atoms with Gasteiger partial charge in [-0.15, -0.1) is 0 Å². The number of nitrogens with zero attached hydrogens (tertiary/aromatic N) is 2. The molecule has 2 aromatic carbocycles. The molecule has 1 atom stereocenters. The summed E-state index contributed by atoms with van der Waals surface area (Å²) >= 11 is 0. The van der Waals surface area contributed by atoms with Crippen molar-refractivity contribution in [3.05, 3.63) is 70.4 Å². The molecule has 1 aromatic heterocycles. The Morgan fingerprint density at radius 1 is 1.15 bits per heavy atom. The lowest BCUT2D eigenvalue weighted by atomic mass is 9.97. The van der Waals surface area contributed by atoms with Crippen molar-refractivity contribution in [2.75, 3.05) is 13.6 Å². The molecule has 26 heavy (non-hydrogen) atoms. The fourth-order valence-corrected chi connectivity index (χ4v) is 4.28. The van der Waals surface area contributed by atoms with Crippen molar-refractivity contribution >= 4 is 10.9 Å². The second kappa shape index (κ2) is 6.51. The molecule has 2 heterocycles. The summed E-state index contributed by atoms with van der Waals surface area (Å²) in [5.41, 5.74) is 5.30. The van der Waals surface area contributed by atoms with Crippen LogP contribution in [0.15, 0.2) is 36.4 Å². The maximum atomic E-state index is 14.7. The second-order valence-electron chi connectivity index (χ2n) is 7.38. The summed E-state index contributed by atoms with van der Waals surface area (Å²) in [4.78, 5) is 2.25. The summed E-state index contributed by atoms with van der Waals surface area (Å²) in [6, 6.07) is 11.0. The fraction of sp³-hybridized carbons (Fsp3) is 0.364. The van der Waals surface area contributed by atoms with Gasteiger partial charge in [-0.1, -0.05) is 24.3 Å². The van der Waals surface area contributed by atoms with Crippen LogP contribution in [0.25, 0.3) is 10.9 Å². The van der Waals surface area contributed by atoms with E-state index in [1.807, 2.05) is 12.1 Å². The van der Waals surface area contributed by atoms with Crippen LogP contribution in [0.3, 0.4) is 0 Å². The first kappa shape index (κ1) is 17.2. The van der Waals surface area contributed by atoms with Crippen molar-refractivity contribution in [1.29, 1.82) is 0 Å². The van der Waals surface area contributed by atoms with Crippen LogP contribution >= 0.6 is 0 Å². The van der Waals surface area contributed by atoms with Crippen molar-refractivity contribution in [1.82, 2.24) is 9.47 Å². The summed E-state index contributed by atoms with van der Waals surface area (Å²) in [6.45, 7) is 5.85. The molecule has 1 unspecified atom stereocenters. The molecule has 3 aromatic rings. The Morgan fingerprint density at radius 2 is 1.92 bits per heavy atom. The lowest BCUT2D eigenvalue weighted by Crippen LogP contribution is -2.31. The smallest absolute Gasteiger partial charge is 0.150 e. The number of aryl methyl sites for hydroxylation is 3. The van der Waals surface area contributed by atoms with Gasteiger partial charge in [-0.25, -0.2) is 8.78 Å². The van der Waals surface area contributed by atoms with Crippen molar-refractivity contribution in [3.8, 4) is 0 Å². The Morgan fingerprint density at radius 3 is 2.69 bits per heavy atom. The minimum absolute atomic E-state index is 0.155. The maximum Gasteiger partial charge on any atom is 0.150 e. The molecule has 4 rings (SSSR count). The summed E-state index contributed by atoms with van der Waals surface area (Å²) in [6.07, 6.45) is 1.70. The largest absolute Gasteiger partial charge is 0.341 e. The summed E-state index contributed by atoms with van der Waals surface area (Å²) in [7, 11) is 2.07. The molecule has 0 saturated carbocycles. The first-order chi connectivity index (χ1) is 12.5. The number of fused-ring (bicyclic) bond motifs is 3. The van der Waals surface area contributed by atoms with Crippen LogP contribution in [0.5, 0.6) is 0 Å². The first-order valence-corrected chi connectivity index (χ1v) is 9.22. The predicted octanol–water partition coefficient (Wildman–Crippen LogP) is 5.02. The number of hydrogen-bond acceptors (Lipinski definition) is 1. The van der Waals surface area contributed by atoms with Crippen molar-refractivity contribution in [2.45, 2.75) is 39.3 Å². The van der Waals surface area contributed by atoms with E-state index < -0.39 is 11.6 Å². The van der Waals surface area contributed by atoms with Crippen LogP contribution in [0.2, 0.25) is 0 Å². The van der Waals surface area contributed by atoms with E-state index in [2.05, 4.69) is 42.5 Å². The molecule has 4 heteroatoms. The molecule has 0 spiro atoms. The van der Waals surface area contributed by atoms with Crippen molar-refractivity contribution in [2.24, 2.45) is 0 Å². The first-order valence-electron chi connectivity index (χ1n) is 9.22. The summed E-state index contributed by atoms with van der Waals surface area (Å²) < 4.78 is 30.8. The van der Waals surface area contributed by atoms with Crippen LogP contribution in [-0.4, -0.2) is 23.1 Å². The van der Waals surface area contributed by atoms with Crippen LogP contribution in [-0.2, 0) is 19.4 Å². The van der Waals surface area contributed by atoms with Gasteiger partial charge in [-0.2, -0.15) is 0 Å². The second-order valence-corrected chi connectivity index (χ2v) is 7.38. The lowest BCUT2D eigenvalue weighted by Gasteiger charge is -2.31. The number of aromatic nitrogens is 1. The van der Waals surface area contributed by atoms with E-state index >= 15 is 0 Å². The van der Waals surface area contributed by atoms with Gasteiger partial charge in [0.2, 0.25) is 0 Å². The Labute approximate surface area is 153 Å². The monoisotopic (exact) mass is 354 g/mol. The van der Waals surface area contributed by atoms with E-state index in [0.29, 0.717) is 12.1 Å². The molecule has 1 aliphatic rings. The molecule has 1 aliphatic heterocycles. The molecule has 0 saturated heterocycles. The minimum atomic E-state index is -0.505. The number of likely N-dealkylation sites (N-methyl/N-ethyl adjacent to an activating group) is 1. The van der Waals surface area contributed by atoms with Gasteiger partial charge < -0.3 is 4.57 Å². The Kier molecular flexibility index (Phi) is 4.31. The molecular formula is C22H24F2N2. The van der Waals surface area contributed by atoms with Crippen LogP contribution in [0.1, 0.15) is 35.3 Å². The fourth-order valence-electron chi connectivity index (χ4n) is 4.28. The van der Waals surface area contributed by atoms with E-state index in [0.717, 1.165) is 42.1 Å². The molecule has 0 amide bonds. The van der Waals surface area contributed by atoms with Crippen LogP contribution < -0.4 is 0 Å². The molecular weight excluding hydrogens is 330 g/mol. The predicted molar refractivity (Wildman–Crippen MR) is 101 cm³/mol. The van der Waals surface area contributed by atoms with Crippen molar-refractivity contribution < 1.29 is 8.78 Å². The van der Waals surface area contributed by atoms with Gasteiger partial charge in [-0.3, -0.25) is 4.90 Å². The van der Waals surface area contributed by atoms with Crippen LogP contribution in [0.4, 0.5) is 8.78 Å². The maximum absolute atomic E-state index is 14.7. The van der Waals surface area contributed by atoms with Gasteiger partial charge in [0.05, 0.1) is 5.52 Å². The molecule has 0 radical (unpaired) electrons. The highest BCUT2D eigenvalue weighted by atomic mass is 19.1. The van der Waals surface area contributed by atoms with Gasteiger partial charge in [0.25, 0.3) is 0 Å². The molecule has 0 bridgehead atoms. The van der Waals surface area contributed by atoms with E-state index in [1.165, 1.54) is 17.2 Å². The van der Waals surface area contributed by atoms with E-state index in [1.54, 1.807) is 0 Å². The number of benzene rings is 2. The third kappa shape index (κ3) is 2.73. The van der Waals surface area contributed by atoms with E-state index in [9.17, 15) is 8.78 Å². The Balaban J connectivity index is 1.85. The molecule has 136 valence electrons. The zero-order valence-corrected chi connectivity index (χ0v) is 15.5. The lowest BCUT2D eigenvalue weighted by molar-refractivity contribution is 0.245. The Hall–Kier alpha value is -2.20. The third-order valence-corrected chi connectivity index (χ3v) is 5.87. The summed E-state index contributed by atoms with van der Waals surface area (Å²) in [5.74, 6) is -0.969. The molecule has 2 nitrogen and oxygen atoms in total. The highest BCUT2D eigenvalue weighted by molar-refractivity contribution is 5.87. The van der Waals surface area contributed by atoms with Gasteiger partial charge in [0.15, 0.2) is 0 Å². The highest BCUT2D eigenvalue weighted by Gasteiger charge is 2.29. The standard InChI is InChI=1S/C22H24F2N2/c1-14-6-4-5-7-16(14)8-11-26-20-9-10-25(3)15(2)21(20)18-12-17(23)13-19(24)22(18)26/h4-7,12-13,15H,8-11H2,1-3H3. The average Bonchev–Trinajstić information content (AvgIpc) is 2.92. The van der Waals surface area contributed by atoms with Gasteiger partial charge >= 0.3 is 0 Å². The summed E-state index contributed by atoms with van der Waals surface area (Å²) in [5, 5.41) is 0.723. The number of rotatable bonds is 3. The average molecular weight is 354 g/mol. The highest BCUT2D eigenvalue weighted by Crippen LogP contribution is 2.38. The Bertz CT molecular complexity index is 974. The third-order valence-electron chi connectivity index (χ3n) is 5.87. The number of hydrogen-bond donors (Lipinski definition) is 0. The quantitative estimate of drug-likeness (QED) is 0.641. The van der Waals surface area contributed by atoms with Crippen LogP contribution in [0, 0.1) is 18.6 Å². The van der Waals surface area contributed by atoms with Gasteiger partial charge in [0.1, 0.15) is 11.6 Å². The SMILES string of the molecule is Cc1ccccc1CCn1c2c(c3cc(F)cc(F)c31)C(C)N(C)CC2. The zero-order valence-electron chi connectivity index (χ0n) is 15.5. The minimum Gasteiger partial charge on any atom is -0.341 e. The van der Waals surface area contributed by atoms with Gasteiger partial charge in [0, 0.05) is 42.7 Å². The normalized spacial score (nSPS) is 17.7. The molecule has 0 aliphatic carbocycles. The zero-order chi connectivity index (χ0) is 18.4. The van der Waals surface area contributed by atoms with Crippen molar-refractivity contribution in [3.63, 3.8) is 0 Å². The molecule has 0 fully saturated rings. The molecule has 0 N–H and O–H groups in total.